The summed E-state index contributed by atoms with van der Waals surface area (Å²) in [4.78, 5) is 12.7. The first-order valence-electron chi connectivity index (χ1n) is 8.79. The molecule has 0 aliphatic carbocycles. The van der Waals surface area contributed by atoms with Crippen LogP contribution in [0.5, 0.6) is 17.2 Å². The Morgan fingerprint density at radius 1 is 0.897 bits per heavy atom. The number of rotatable bonds is 7. The second-order valence-electron chi connectivity index (χ2n) is 6.11. The number of anilines is 1. The van der Waals surface area contributed by atoms with Gasteiger partial charge in [-0.3, -0.25) is 4.79 Å². The van der Waals surface area contributed by atoms with Crippen LogP contribution in [0.2, 0.25) is 0 Å². The molecule has 2 aromatic carbocycles. The molecule has 0 fully saturated rings. The van der Waals surface area contributed by atoms with Crippen molar-refractivity contribution in [3.63, 3.8) is 0 Å². The fourth-order valence-corrected chi connectivity index (χ4v) is 2.86. The number of nitrogens with zero attached hydrogens (tertiary/aromatic N) is 1. The van der Waals surface area contributed by atoms with Gasteiger partial charge in [-0.1, -0.05) is 30.3 Å². The maximum absolute atomic E-state index is 12.7. The summed E-state index contributed by atoms with van der Waals surface area (Å²) in [6.45, 7) is 0.766. The lowest BCUT2D eigenvalue weighted by atomic mass is 10.1. The lowest BCUT2D eigenvalue weighted by molar-refractivity contribution is -0.688. The highest BCUT2D eigenvalue weighted by atomic mass is 79.9. The first-order valence-corrected chi connectivity index (χ1v) is 8.79. The molecule has 0 saturated heterocycles. The average Bonchev–Trinajstić information content (AvgIpc) is 2.74. The zero-order valence-electron chi connectivity index (χ0n) is 16.5. The molecular weight excluding hydrogens is 436 g/mol. The topological polar surface area (TPSA) is 60.7 Å². The van der Waals surface area contributed by atoms with Gasteiger partial charge in [-0.05, 0) is 12.1 Å². The van der Waals surface area contributed by atoms with Crippen molar-refractivity contribution in [3.05, 3.63) is 78.1 Å². The number of benzene rings is 2. The summed E-state index contributed by atoms with van der Waals surface area (Å²) in [5.41, 5.74) is 2.32. The molecule has 0 saturated carbocycles. The van der Waals surface area contributed by atoms with Crippen LogP contribution in [0.25, 0.3) is 0 Å². The number of aromatic nitrogens is 1. The molecule has 1 N–H and O–H groups in total. The van der Waals surface area contributed by atoms with Gasteiger partial charge in [0.2, 0.25) is 5.75 Å². The van der Waals surface area contributed by atoms with E-state index in [1.165, 1.54) is 26.9 Å². The van der Waals surface area contributed by atoms with E-state index in [2.05, 4.69) is 17.4 Å². The number of nitrogens with one attached hydrogen (secondary N) is 1. The minimum absolute atomic E-state index is 0. The molecule has 29 heavy (non-hydrogen) atoms. The van der Waals surface area contributed by atoms with Crippen molar-refractivity contribution < 1.29 is 40.6 Å². The second kappa shape index (κ2) is 10.5. The van der Waals surface area contributed by atoms with Gasteiger partial charge in [0.15, 0.2) is 30.4 Å². The number of pyridine rings is 1. The fourth-order valence-electron chi connectivity index (χ4n) is 2.86. The molecule has 6 nitrogen and oxygen atoms in total. The van der Waals surface area contributed by atoms with Crippen LogP contribution in [0.4, 0.5) is 5.69 Å². The Kier molecular flexibility index (Phi) is 8.03. The highest BCUT2D eigenvalue weighted by molar-refractivity contribution is 6.05. The third-order valence-corrected chi connectivity index (χ3v) is 4.28. The van der Waals surface area contributed by atoms with Gasteiger partial charge in [-0.25, -0.2) is 4.57 Å². The van der Waals surface area contributed by atoms with Gasteiger partial charge >= 0.3 is 0 Å². The number of ether oxygens (including phenoxy) is 3. The van der Waals surface area contributed by atoms with Crippen molar-refractivity contribution in [1.82, 2.24) is 0 Å². The first-order chi connectivity index (χ1) is 13.6. The Hall–Kier alpha value is -3.06. The largest absolute Gasteiger partial charge is 1.00 e. The molecular formula is C22H23BrN2O4. The van der Waals surface area contributed by atoms with Crippen LogP contribution in [0.1, 0.15) is 15.9 Å². The highest BCUT2D eigenvalue weighted by Gasteiger charge is 2.17. The van der Waals surface area contributed by atoms with Gasteiger partial charge < -0.3 is 36.5 Å². The minimum atomic E-state index is -0.264. The maximum Gasteiger partial charge on any atom is 0.255 e. The van der Waals surface area contributed by atoms with Gasteiger partial charge in [0.25, 0.3) is 5.91 Å². The Balaban J connectivity index is 0.00000300. The summed E-state index contributed by atoms with van der Waals surface area (Å²) in [5, 5.41) is 2.89. The van der Waals surface area contributed by atoms with Gasteiger partial charge in [0.05, 0.1) is 27.0 Å². The van der Waals surface area contributed by atoms with Gasteiger partial charge in [0.1, 0.15) is 0 Å². The molecule has 152 valence electrons. The number of carbonyl (C=O) groups excluding carboxylic acids is 1. The number of hydrogen-bond donors (Lipinski definition) is 1. The van der Waals surface area contributed by atoms with E-state index in [9.17, 15) is 4.79 Å². The number of halogens is 1. The fraction of sp³-hybridized carbons (Fsp3) is 0.182. The zero-order valence-corrected chi connectivity index (χ0v) is 18.1. The van der Waals surface area contributed by atoms with Crippen molar-refractivity contribution in [2.45, 2.75) is 6.54 Å². The monoisotopic (exact) mass is 458 g/mol. The summed E-state index contributed by atoms with van der Waals surface area (Å²) in [7, 11) is 4.55. The van der Waals surface area contributed by atoms with E-state index in [0.29, 0.717) is 28.5 Å². The van der Waals surface area contributed by atoms with Gasteiger partial charge in [0, 0.05) is 23.3 Å². The smallest absolute Gasteiger partial charge is 0.255 e. The molecule has 0 spiro atoms. The van der Waals surface area contributed by atoms with Crippen molar-refractivity contribution in [1.29, 1.82) is 0 Å². The van der Waals surface area contributed by atoms with Crippen LogP contribution in [0.3, 0.4) is 0 Å². The van der Waals surface area contributed by atoms with E-state index in [0.717, 1.165) is 6.54 Å². The summed E-state index contributed by atoms with van der Waals surface area (Å²) in [6, 6.07) is 17.1. The number of amides is 1. The maximum atomic E-state index is 12.7. The molecule has 1 amide bonds. The summed E-state index contributed by atoms with van der Waals surface area (Å²) in [6.07, 6.45) is 3.86. The van der Waals surface area contributed by atoms with Crippen LogP contribution >= 0.6 is 0 Å². The van der Waals surface area contributed by atoms with E-state index in [4.69, 9.17) is 14.2 Å². The van der Waals surface area contributed by atoms with E-state index >= 15 is 0 Å². The molecule has 0 radical (unpaired) electrons. The molecule has 0 atom stereocenters. The lowest BCUT2D eigenvalue weighted by Gasteiger charge is -2.14. The normalized spacial score (nSPS) is 9.90. The number of hydrogen-bond acceptors (Lipinski definition) is 4. The van der Waals surface area contributed by atoms with Crippen LogP contribution in [0.15, 0.2) is 67.0 Å². The molecule has 0 unspecified atom stereocenters. The lowest BCUT2D eigenvalue weighted by Crippen LogP contribution is -3.00. The second-order valence-corrected chi connectivity index (χ2v) is 6.11. The first kappa shape index (κ1) is 22.2. The highest BCUT2D eigenvalue weighted by Crippen LogP contribution is 2.38. The summed E-state index contributed by atoms with van der Waals surface area (Å²) < 4.78 is 17.9. The van der Waals surface area contributed by atoms with E-state index in [-0.39, 0.29) is 22.9 Å². The Morgan fingerprint density at radius 2 is 1.48 bits per heavy atom. The molecule has 0 bridgehead atoms. The quantitative estimate of drug-likeness (QED) is 0.517. The SMILES string of the molecule is COc1cc(C(=O)Nc2cc[n+](Cc3ccccc3)cc2)cc(OC)c1OC.[Br-]. The molecule has 1 heterocycles. The Morgan fingerprint density at radius 3 is 2.00 bits per heavy atom. The molecule has 0 aliphatic heterocycles. The Bertz CT molecular complexity index is 922. The molecule has 3 rings (SSSR count). The van der Waals surface area contributed by atoms with E-state index in [1.807, 2.05) is 47.3 Å². The number of methoxy groups -OCH3 is 3. The number of carbonyl (C=O) groups is 1. The predicted molar refractivity (Wildman–Crippen MR) is 106 cm³/mol. The van der Waals surface area contributed by atoms with Crippen molar-refractivity contribution in [3.8, 4) is 17.2 Å². The van der Waals surface area contributed by atoms with Crippen LogP contribution in [0, 0.1) is 0 Å². The molecule has 0 aliphatic rings. The van der Waals surface area contributed by atoms with Crippen LogP contribution in [-0.4, -0.2) is 27.2 Å². The van der Waals surface area contributed by atoms with Gasteiger partial charge in [-0.15, -0.1) is 0 Å². The summed E-state index contributed by atoms with van der Waals surface area (Å²) in [5.74, 6) is 1.05. The molecule has 7 heteroatoms. The predicted octanol–water partition coefficient (Wildman–Crippen LogP) is 0.305. The zero-order chi connectivity index (χ0) is 19.9. The third-order valence-electron chi connectivity index (χ3n) is 4.28. The van der Waals surface area contributed by atoms with Crippen LogP contribution in [-0.2, 0) is 6.54 Å². The van der Waals surface area contributed by atoms with Crippen molar-refractivity contribution in [2.75, 3.05) is 26.6 Å². The Labute approximate surface area is 180 Å². The van der Waals surface area contributed by atoms with Gasteiger partial charge in [-0.2, -0.15) is 0 Å². The molecule has 3 aromatic rings. The molecule has 1 aromatic heterocycles. The van der Waals surface area contributed by atoms with E-state index < -0.39 is 0 Å². The standard InChI is InChI=1S/C22H22N2O4.BrH/c1-26-19-13-17(14-20(27-2)21(19)28-3)22(25)23-18-9-11-24(12-10-18)15-16-7-5-4-6-8-16;/h4-14H,15H2,1-3H3;1H. The van der Waals surface area contributed by atoms with Crippen LogP contribution < -0.4 is 41.1 Å². The van der Waals surface area contributed by atoms with Crippen molar-refractivity contribution >= 4 is 11.6 Å². The van der Waals surface area contributed by atoms with Crippen molar-refractivity contribution in [2.24, 2.45) is 0 Å². The summed E-state index contributed by atoms with van der Waals surface area (Å²) >= 11 is 0. The third kappa shape index (κ3) is 5.48. The average molecular weight is 459 g/mol. The van der Waals surface area contributed by atoms with E-state index in [1.54, 1.807) is 12.1 Å². The minimum Gasteiger partial charge on any atom is -1.00 e.